The lowest BCUT2D eigenvalue weighted by atomic mass is 9.98. The van der Waals surface area contributed by atoms with Gasteiger partial charge in [-0.1, -0.05) is 59.6 Å². The maximum atomic E-state index is 11.5. The second-order valence-corrected chi connectivity index (χ2v) is 11.4. The average molecular weight is 653 g/mol. The van der Waals surface area contributed by atoms with Gasteiger partial charge in [0.25, 0.3) is 0 Å². The Morgan fingerprint density at radius 1 is 0.933 bits per heavy atom. The van der Waals surface area contributed by atoms with Crippen LogP contribution in [0.2, 0.25) is 10.0 Å². The Kier molecular flexibility index (Phi) is 10.8. The molecule has 1 aliphatic rings. The Hall–Kier alpha value is -3.87. The molecule has 1 saturated heterocycles. The van der Waals surface area contributed by atoms with Crippen LogP contribution in [0.15, 0.2) is 48.8 Å². The summed E-state index contributed by atoms with van der Waals surface area (Å²) >= 11 is 14.0. The van der Waals surface area contributed by atoms with Crippen molar-refractivity contribution in [3.8, 4) is 45.4 Å². The van der Waals surface area contributed by atoms with E-state index < -0.39 is 0 Å². The van der Waals surface area contributed by atoms with Crippen molar-refractivity contribution < 1.29 is 19.4 Å². The summed E-state index contributed by atoms with van der Waals surface area (Å²) in [5.41, 5.74) is 5.18. The van der Waals surface area contributed by atoms with Crippen molar-refractivity contribution in [3.05, 3.63) is 70.2 Å². The van der Waals surface area contributed by atoms with E-state index in [1.165, 1.54) is 0 Å². The van der Waals surface area contributed by atoms with E-state index in [-0.39, 0.29) is 18.6 Å². The zero-order valence-electron chi connectivity index (χ0n) is 25.3. The Labute approximate surface area is 272 Å². The number of rotatable bonds is 13. The number of nitrogens with one attached hydrogen (secondary N) is 2. The molecule has 1 atom stereocenters. The van der Waals surface area contributed by atoms with Crippen molar-refractivity contribution in [1.29, 1.82) is 0 Å². The van der Waals surface area contributed by atoms with Crippen LogP contribution in [-0.2, 0) is 17.9 Å². The third kappa shape index (κ3) is 7.51. The van der Waals surface area contributed by atoms with E-state index in [0.717, 1.165) is 6.42 Å². The first kappa shape index (κ1) is 32.5. The molecule has 3 heterocycles. The van der Waals surface area contributed by atoms with Crippen molar-refractivity contribution >= 4 is 29.1 Å². The van der Waals surface area contributed by atoms with E-state index in [0.29, 0.717) is 99.4 Å². The summed E-state index contributed by atoms with van der Waals surface area (Å²) in [6.07, 6.45) is 4.70. The highest BCUT2D eigenvalue weighted by Gasteiger charge is 2.21. The van der Waals surface area contributed by atoms with Crippen LogP contribution in [0.3, 0.4) is 0 Å². The van der Waals surface area contributed by atoms with Gasteiger partial charge in [0, 0.05) is 60.9 Å². The molecule has 1 fully saturated rings. The molecule has 1 aliphatic heterocycles. The standard InChI is InChI=1S/C32H35Cl2N7O4/c1-41(12-13-42)18-27-32(45-3)40-25(17-37-27)23-9-5-7-21(30(23)34)20-6-4-8-22(29(20)33)24-16-36-26(31(39-24)44-2)15-35-14-19-10-11-28(43)38-19/h4-9,16-17,19,35,42H,10-15,18H2,1-3H3,(H,38,43)/t19-/m0/s1. The number of aromatic nitrogens is 4. The third-order valence-corrected chi connectivity index (χ3v) is 8.33. The monoisotopic (exact) mass is 651 g/mol. The van der Waals surface area contributed by atoms with Crippen molar-refractivity contribution in [3.63, 3.8) is 0 Å². The number of amides is 1. The zero-order chi connectivity index (χ0) is 31.9. The van der Waals surface area contributed by atoms with Gasteiger partial charge in [0.1, 0.15) is 11.4 Å². The number of hydrogen-bond donors (Lipinski definition) is 3. The summed E-state index contributed by atoms with van der Waals surface area (Å²) in [7, 11) is 4.98. The summed E-state index contributed by atoms with van der Waals surface area (Å²) in [6, 6.07) is 11.4. The molecular weight excluding hydrogens is 617 g/mol. The van der Waals surface area contributed by atoms with E-state index in [1.54, 1.807) is 26.6 Å². The second kappa shape index (κ2) is 14.9. The molecule has 0 bridgehead atoms. The molecule has 13 heteroatoms. The smallest absolute Gasteiger partial charge is 0.237 e. The van der Waals surface area contributed by atoms with E-state index in [4.69, 9.17) is 37.7 Å². The number of likely N-dealkylation sites (N-methyl/N-ethyl adjacent to an activating group) is 1. The predicted octanol–water partition coefficient (Wildman–Crippen LogP) is 4.38. The molecule has 2 aromatic carbocycles. The lowest BCUT2D eigenvalue weighted by Gasteiger charge is -2.17. The van der Waals surface area contributed by atoms with Gasteiger partial charge in [0.05, 0.1) is 54.7 Å². The molecular formula is C32H35Cl2N7O4. The highest BCUT2D eigenvalue weighted by atomic mass is 35.5. The second-order valence-electron chi connectivity index (χ2n) is 10.7. The topological polar surface area (TPSA) is 135 Å². The van der Waals surface area contributed by atoms with Crippen molar-refractivity contribution in [2.24, 2.45) is 0 Å². The van der Waals surface area contributed by atoms with Crippen molar-refractivity contribution in [1.82, 2.24) is 35.5 Å². The Morgan fingerprint density at radius 2 is 1.49 bits per heavy atom. The minimum absolute atomic E-state index is 0.0443. The van der Waals surface area contributed by atoms with Crippen LogP contribution in [0.25, 0.3) is 33.6 Å². The Bertz CT molecular complexity index is 1670. The third-order valence-electron chi connectivity index (χ3n) is 7.52. The maximum absolute atomic E-state index is 11.5. The fourth-order valence-electron chi connectivity index (χ4n) is 5.19. The number of aliphatic hydroxyl groups excluding tert-OH is 1. The van der Waals surface area contributed by atoms with Gasteiger partial charge in [-0.05, 0) is 13.5 Å². The Morgan fingerprint density at radius 3 is 2.02 bits per heavy atom. The van der Waals surface area contributed by atoms with E-state index in [9.17, 15) is 9.90 Å². The van der Waals surface area contributed by atoms with Gasteiger partial charge in [-0.15, -0.1) is 0 Å². The van der Waals surface area contributed by atoms with Crippen molar-refractivity contribution in [2.45, 2.75) is 32.0 Å². The number of ether oxygens (including phenoxy) is 2. The number of carbonyl (C=O) groups is 1. The van der Waals surface area contributed by atoms with Gasteiger partial charge in [0.15, 0.2) is 0 Å². The summed E-state index contributed by atoms with van der Waals surface area (Å²) in [4.78, 5) is 32.0. The lowest BCUT2D eigenvalue weighted by molar-refractivity contribution is -0.119. The molecule has 3 N–H and O–H groups in total. The van der Waals surface area contributed by atoms with Gasteiger partial charge < -0.3 is 25.2 Å². The van der Waals surface area contributed by atoms with Gasteiger partial charge in [-0.25, -0.2) is 9.97 Å². The Balaban J connectivity index is 1.40. The normalized spacial score (nSPS) is 14.6. The number of nitrogens with zero attached hydrogens (tertiary/aromatic N) is 5. The fraction of sp³-hybridized carbons (Fsp3) is 0.344. The molecule has 0 spiro atoms. The van der Waals surface area contributed by atoms with Gasteiger partial charge in [0.2, 0.25) is 17.7 Å². The summed E-state index contributed by atoms with van der Waals surface area (Å²) < 4.78 is 11.1. The maximum Gasteiger partial charge on any atom is 0.237 e. The van der Waals surface area contributed by atoms with Crippen LogP contribution in [0.1, 0.15) is 24.2 Å². The molecule has 45 heavy (non-hydrogen) atoms. The summed E-state index contributed by atoms with van der Waals surface area (Å²) in [5, 5.41) is 16.4. The molecule has 0 aliphatic carbocycles. The average Bonchev–Trinajstić information content (AvgIpc) is 3.46. The van der Waals surface area contributed by atoms with Gasteiger partial charge >= 0.3 is 0 Å². The molecule has 0 saturated carbocycles. The highest BCUT2D eigenvalue weighted by Crippen LogP contribution is 2.42. The van der Waals surface area contributed by atoms with Crippen LogP contribution < -0.4 is 20.1 Å². The summed E-state index contributed by atoms with van der Waals surface area (Å²) in [6.45, 7) is 2.09. The molecule has 1 amide bonds. The van der Waals surface area contributed by atoms with Crippen LogP contribution in [0.5, 0.6) is 11.8 Å². The number of benzene rings is 2. The fourth-order valence-corrected chi connectivity index (χ4v) is 5.84. The molecule has 4 aromatic rings. The molecule has 0 unspecified atom stereocenters. The molecule has 11 nitrogen and oxygen atoms in total. The zero-order valence-corrected chi connectivity index (χ0v) is 26.8. The first-order chi connectivity index (χ1) is 21.8. The van der Waals surface area contributed by atoms with Crippen LogP contribution >= 0.6 is 23.2 Å². The van der Waals surface area contributed by atoms with Crippen LogP contribution in [0, 0.1) is 0 Å². The van der Waals surface area contributed by atoms with Crippen LogP contribution in [-0.4, -0.2) is 82.9 Å². The molecule has 2 aromatic heterocycles. The van der Waals surface area contributed by atoms with E-state index in [1.807, 2.05) is 48.3 Å². The first-order valence-corrected chi connectivity index (χ1v) is 15.3. The SMILES string of the molecule is COc1nc(-c2cccc(-c3cccc(-c4cnc(CN(C)CCO)c(OC)n4)c3Cl)c2Cl)cnc1CNC[C@@H]1CCC(=O)N1. The highest BCUT2D eigenvalue weighted by molar-refractivity contribution is 6.39. The minimum atomic E-state index is 0.0443. The predicted molar refractivity (Wildman–Crippen MR) is 173 cm³/mol. The van der Waals surface area contributed by atoms with Crippen LogP contribution in [0.4, 0.5) is 0 Å². The van der Waals surface area contributed by atoms with Gasteiger partial charge in [-0.3, -0.25) is 19.7 Å². The number of halogens is 2. The largest absolute Gasteiger partial charge is 0.480 e. The summed E-state index contributed by atoms with van der Waals surface area (Å²) in [5.74, 6) is 0.850. The lowest BCUT2D eigenvalue weighted by Crippen LogP contribution is -2.35. The quantitative estimate of drug-likeness (QED) is 0.191. The van der Waals surface area contributed by atoms with Gasteiger partial charge in [-0.2, -0.15) is 0 Å². The van der Waals surface area contributed by atoms with E-state index in [2.05, 4.69) is 25.6 Å². The number of carbonyl (C=O) groups excluding carboxylic acids is 1. The minimum Gasteiger partial charge on any atom is -0.480 e. The molecule has 236 valence electrons. The number of methoxy groups -OCH3 is 2. The molecule has 0 radical (unpaired) electrons. The first-order valence-electron chi connectivity index (χ1n) is 14.5. The molecule has 5 rings (SSSR count). The van der Waals surface area contributed by atoms with Crippen molar-refractivity contribution in [2.75, 3.05) is 41.0 Å². The van der Waals surface area contributed by atoms with E-state index >= 15 is 0 Å². The number of hydrogen-bond acceptors (Lipinski definition) is 10. The number of aliphatic hydroxyl groups is 1.